The highest BCUT2D eigenvalue weighted by Crippen LogP contribution is 2.07. The summed E-state index contributed by atoms with van der Waals surface area (Å²) in [5.41, 5.74) is 0. The van der Waals surface area contributed by atoms with Crippen LogP contribution in [0.25, 0.3) is 0 Å². The average Bonchev–Trinajstić information content (AvgIpc) is 2.15. The van der Waals surface area contributed by atoms with Crippen molar-refractivity contribution in [3.8, 4) is 0 Å². The Kier molecular flexibility index (Phi) is 4.07. The zero-order chi connectivity index (χ0) is 8.81. The summed E-state index contributed by atoms with van der Waals surface area (Å²) < 4.78 is 11.3. The van der Waals surface area contributed by atoms with Crippen LogP contribution in [-0.4, -0.2) is 21.9 Å². The van der Waals surface area contributed by atoms with Crippen LogP contribution in [0, 0.1) is 0 Å². The van der Waals surface area contributed by atoms with Crippen LogP contribution in [0.15, 0.2) is 29.4 Å². The van der Waals surface area contributed by atoms with Crippen LogP contribution in [0.5, 0.6) is 0 Å². The van der Waals surface area contributed by atoms with E-state index in [0.717, 1.165) is 0 Å². The van der Waals surface area contributed by atoms with Crippen molar-refractivity contribution in [2.45, 2.75) is 11.4 Å². The van der Waals surface area contributed by atoms with Crippen LogP contribution in [0.1, 0.15) is 6.42 Å². The standard InChI is InChI=1S/C8H10NO2S/c10-6-3-7-12(11)8-4-1-2-5-9-8/h1-2,4-5H,3,6-7H2. The molecule has 1 radical (unpaired) electrons. The van der Waals surface area contributed by atoms with Gasteiger partial charge in [0.15, 0.2) is 0 Å². The normalized spacial score (nSPS) is 12.8. The second-order valence-corrected chi connectivity index (χ2v) is 3.79. The molecule has 0 spiro atoms. The molecule has 1 heterocycles. The Hall–Kier alpha value is -0.580. The lowest BCUT2D eigenvalue weighted by atomic mass is 10.5. The van der Waals surface area contributed by atoms with Gasteiger partial charge in [-0.2, -0.15) is 0 Å². The Morgan fingerprint density at radius 2 is 2.33 bits per heavy atom. The Bertz CT molecular complexity index is 218. The molecule has 0 fully saturated rings. The highest BCUT2D eigenvalue weighted by Gasteiger charge is 2.09. The molecule has 0 saturated carbocycles. The maximum Gasteiger partial charge on any atom is 0.244 e. The molecule has 1 atom stereocenters. The first-order chi connectivity index (χ1) is 5.84. The van der Waals surface area contributed by atoms with Crippen LogP contribution in [0.2, 0.25) is 0 Å². The molecule has 0 aliphatic carbocycles. The molecular weight excluding hydrogens is 174 g/mol. The summed E-state index contributed by atoms with van der Waals surface area (Å²) in [6.45, 7) is -0.168. The Morgan fingerprint density at radius 1 is 1.50 bits per heavy atom. The summed E-state index contributed by atoms with van der Waals surface area (Å²) in [4.78, 5) is 3.93. The highest BCUT2D eigenvalue weighted by atomic mass is 32.2. The lowest BCUT2D eigenvalue weighted by Gasteiger charge is -2.06. The molecule has 1 unspecified atom stereocenters. The average molecular weight is 184 g/mol. The maximum absolute atomic E-state index is 11.3. The van der Waals surface area contributed by atoms with E-state index in [1.54, 1.807) is 24.4 Å². The zero-order valence-corrected chi connectivity index (χ0v) is 7.42. The molecule has 1 aromatic rings. The topological polar surface area (TPSA) is 55.8 Å². The molecule has 0 N–H and O–H groups in total. The fourth-order valence-corrected chi connectivity index (χ4v) is 1.77. The molecule has 4 heteroatoms. The molecule has 0 saturated heterocycles. The van der Waals surface area contributed by atoms with Crippen molar-refractivity contribution in [1.29, 1.82) is 0 Å². The third kappa shape index (κ3) is 2.81. The van der Waals surface area contributed by atoms with Gasteiger partial charge in [-0.15, -0.1) is 0 Å². The predicted octanol–water partition coefficient (Wildman–Crippen LogP) is 1.01. The summed E-state index contributed by atoms with van der Waals surface area (Å²) >= 11 is -1.09. The zero-order valence-electron chi connectivity index (χ0n) is 6.60. The van der Waals surface area contributed by atoms with Gasteiger partial charge in [0.05, 0.1) is 6.61 Å². The van der Waals surface area contributed by atoms with E-state index in [9.17, 15) is 9.66 Å². The summed E-state index contributed by atoms with van der Waals surface area (Å²) in [5.74, 6) is 0.417. The first-order valence-corrected chi connectivity index (χ1v) is 5.04. The molecular formula is C8H10NO2S. The number of hydrogen-bond donors (Lipinski definition) is 0. The molecule has 3 nitrogen and oxygen atoms in total. The summed E-state index contributed by atoms with van der Waals surface area (Å²) in [6, 6.07) is 5.27. The Morgan fingerprint density at radius 3 is 2.92 bits per heavy atom. The first kappa shape index (κ1) is 9.51. The van der Waals surface area contributed by atoms with Gasteiger partial charge in [-0.25, -0.2) is 10.1 Å². The number of aromatic nitrogens is 1. The highest BCUT2D eigenvalue weighted by molar-refractivity contribution is 7.91. The predicted molar refractivity (Wildman–Crippen MR) is 45.7 cm³/mol. The van der Waals surface area contributed by atoms with Gasteiger partial charge in [0.1, 0.15) is 5.75 Å². The van der Waals surface area contributed by atoms with Crippen LogP contribution in [0.3, 0.4) is 0 Å². The number of rotatable bonds is 4. The van der Waals surface area contributed by atoms with E-state index < -0.39 is 11.2 Å². The molecule has 0 aliphatic heterocycles. The quantitative estimate of drug-likeness (QED) is 0.656. The Labute approximate surface area is 74.6 Å². The lowest BCUT2D eigenvalue weighted by molar-refractivity contribution is 0.194. The van der Waals surface area contributed by atoms with Crippen LogP contribution < -0.4 is 0 Å². The largest absolute Gasteiger partial charge is 0.610 e. The molecule has 1 rings (SSSR count). The third-order valence-corrected chi connectivity index (χ3v) is 2.71. The number of hydrogen-bond acceptors (Lipinski definition) is 2. The molecule has 65 valence electrons. The second-order valence-electron chi connectivity index (χ2n) is 2.28. The van der Waals surface area contributed by atoms with E-state index in [2.05, 4.69) is 4.98 Å². The van der Waals surface area contributed by atoms with Crippen molar-refractivity contribution < 1.29 is 9.66 Å². The van der Waals surface area contributed by atoms with Gasteiger partial charge < -0.3 is 4.55 Å². The third-order valence-electron chi connectivity index (χ3n) is 1.35. The van der Waals surface area contributed by atoms with E-state index >= 15 is 0 Å². The number of nitrogens with zero attached hydrogens (tertiary/aromatic N) is 1. The summed E-state index contributed by atoms with van der Waals surface area (Å²) in [6.07, 6.45) is 2.05. The monoisotopic (exact) mass is 184 g/mol. The van der Waals surface area contributed by atoms with Crippen molar-refractivity contribution in [3.05, 3.63) is 24.4 Å². The minimum Gasteiger partial charge on any atom is -0.610 e. The van der Waals surface area contributed by atoms with E-state index in [1.165, 1.54) is 0 Å². The molecule has 1 aromatic heterocycles. The fraction of sp³-hybridized carbons (Fsp3) is 0.375. The van der Waals surface area contributed by atoms with Gasteiger partial charge in [-0.3, -0.25) is 0 Å². The summed E-state index contributed by atoms with van der Waals surface area (Å²) in [7, 11) is 0. The van der Waals surface area contributed by atoms with Crippen molar-refractivity contribution in [2.24, 2.45) is 0 Å². The van der Waals surface area contributed by atoms with Gasteiger partial charge >= 0.3 is 0 Å². The van der Waals surface area contributed by atoms with Crippen molar-refractivity contribution >= 4 is 11.2 Å². The minimum absolute atomic E-state index is 0.168. The second kappa shape index (κ2) is 5.13. The van der Waals surface area contributed by atoms with E-state index in [-0.39, 0.29) is 6.61 Å². The van der Waals surface area contributed by atoms with Gasteiger partial charge in [0.25, 0.3) is 0 Å². The van der Waals surface area contributed by atoms with E-state index in [0.29, 0.717) is 17.2 Å². The molecule has 0 aliphatic rings. The van der Waals surface area contributed by atoms with E-state index in [1.807, 2.05) is 0 Å². The molecule has 0 aromatic carbocycles. The lowest BCUT2D eigenvalue weighted by Crippen LogP contribution is -2.09. The van der Waals surface area contributed by atoms with Crippen LogP contribution in [-0.2, 0) is 16.3 Å². The first-order valence-electron chi connectivity index (χ1n) is 3.72. The SMILES string of the molecule is [O]CCC[S+]([O-])c1ccccn1. The van der Waals surface area contributed by atoms with Crippen molar-refractivity contribution in [2.75, 3.05) is 12.4 Å². The molecule has 0 bridgehead atoms. The minimum atomic E-state index is -1.09. The van der Waals surface area contributed by atoms with Crippen LogP contribution >= 0.6 is 0 Å². The summed E-state index contributed by atoms with van der Waals surface area (Å²) in [5, 5.41) is 10.7. The van der Waals surface area contributed by atoms with Crippen LogP contribution in [0.4, 0.5) is 0 Å². The van der Waals surface area contributed by atoms with Gasteiger partial charge in [0.2, 0.25) is 5.03 Å². The smallest absolute Gasteiger partial charge is 0.244 e. The van der Waals surface area contributed by atoms with Crippen molar-refractivity contribution in [3.63, 3.8) is 0 Å². The Balaban J connectivity index is 2.48. The fourth-order valence-electron chi connectivity index (χ4n) is 0.776. The van der Waals surface area contributed by atoms with Gasteiger partial charge in [-0.05, 0) is 6.07 Å². The van der Waals surface area contributed by atoms with Gasteiger partial charge in [0, 0.05) is 29.9 Å². The van der Waals surface area contributed by atoms with Gasteiger partial charge in [-0.1, -0.05) is 6.07 Å². The van der Waals surface area contributed by atoms with Crippen molar-refractivity contribution in [1.82, 2.24) is 4.98 Å². The number of pyridine rings is 1. The molecule has 0 amide bonds. The molecule has 12 heavy (non-hydrogen) atoms. The maximum atomic E-state index is 11.3. The van der Waals surface area contributed by atoms with E-state index in [4.69, 9.17) is 0 Å².